The Morgan fingerprint density at radius 3 is 2.29 bits per heavy atom. The van der Waals surface area contributed by atoms with Crippen LogP contribution >= 0.6 is 0 Å². The van der Waals surface area contributed by atoms with Gasteiger partial charge in [0.2, 0.25) is 0 Å². The van der Waals surface area contributed by atoms with E-state index in [1.165, 1.54) is 0 Å². The summed E-state index contributed by atoms with van der Waals surface area (Å²) in [6, 6.07) is 6.12. The minimum Gasteiger partial charge on any atom is -0.423 e. The fourth-order valence-corrected chi connectivity index (χ4v) is 1.18. The number of nitrogens with two attached hydrogens (primary N) is 1. The van der Waals surface area contributed by atoms with Gasteiger partial charge in [-0.2, -0.15) is 0 Å². The van der Waals surface area contributed by atoms with Gasteiger partial charge < -0.3 is 15.8 Å². The first kappa shape index (κ1) is 11.2. The molecule has 0 aliphatic carbocycles. The molecular formula is C9H13BFNO2. The smallest absolute Gasteiger partial charge is 0.423 e. The van der Waals surface area contributed by atoms with Gasteiger partial charge in [0.05, 0.1) is 0 Å². The van der Waals surface area contributed by atoms with Crippen molar-refractivity contribution in [2.45, 2.75) is 12.5 Å². The number of hydrogen-bond donors (Lipinski definition) is 3. The largest absolute Gasteiger partial charge is 0.488 e. The van der Waals surface area contributed by atoms with E-state index >= 15 is 0 Å². The first-order valence-corrected chi connectivity index (χ1v) is 4.40. The molecule has 14 heavy (non-hydrogen) atoms. The van der Waals surface area contributed by atoms with E-state index in [0.717, 1.165) is 5.56 Å². The fourth-order valence-electron chi connectivity index (χ4n) is 1.18. The predicted molar refractivity (Wildman–Crippen MR) is 53.9 cm³/mol. The van der Waals surface area contributed by atoms with Gasteiger partial charge in [0.1, 0.15) is 6.67 Å². The van der Waals surface area contributed by atoms with Crippen LogP contribution in [-0.2, 0) is 6.42 Å². The van der Waals surface area contributed by atoms with Crippen LogP contribution in [0.5, 0.6) is 0 Å². The number of rotatable bonds is 4. The summed E-state index contributed by atoms with van der Waals surface area (Å²) in [6.07, 6.45) is 0.457. The highest BCUT2D eigenvalue weighted by molar-refractivity contribution is 6.58. The quantitative estimate of drug-likeness (QED) is 0.552. The third-order valence-electron chi connectivity index (χ3n) is 1.97. The molecule has 0 unspecified atom stereocenters. The summed E-state index contributed by atoms with van der Waals surface area (Å²) in [7, 11) is -1.46. The highest BCUT2D eigenvalue weighted by Gasteiger charge is 2.10. The Morgan fingerprint density at radius 1 is 1.29 bits per heavy atom. The van der Waals surface area contributed by atoms with Gasteiger partial charge in [-0.05, 0) is 17.4 Å². The molecule has 4 N–H and O–H groups in total. The zero-order chi connectivity index (χ0) is 10.6. The van der Waals surface area contributed by atoms with Crippen LogP contribution < -0.4 is 11.2 Å². The van der Waals surface area contributed by atoms with Gasteiger partial charge in [0.25, 0.3) is 0 Å². The lowest BCUT2D eigenvalue weighted by Crippen LogP contribution is -2.30. The number of halogens is 1. The fraction of sp³-hybridized carbons (Fsp3) is 0.333. The third-order valence-corrected chi connectivity index (χ3v) is 1.97. The second-order valence-corrected chi connectivity index (χ2v) is 3.23. The molecule has 3 nitrogen and oxygen atoms in total. The van der Waals surface area contributed by atoms with Crippen molar-refractivity contribution in [3.05, 3.63) is 29.8 Å². The van der Waals surface area contributed by atoms with E-state index in [2.05, 4.69) is 0 Å². The van der Waals surface area contributed by atoms with Crippen molar-refractivity contribution >= 4 is 12.6 Å². The van der Waals surface area contributed by atoms with Crippen molar-refractivity contribution in [1.82, 2.24) is 0 Å². The summed E-state index contributed by atoms with van der Waals surface area (Å²) in [6.45, 7) is -0.551. The molecule has 1 aromatic carbocycles. The Morgan fingerprint density at radius 2 is 1.86 bits per heavy atom. The predicted octanol–water partition coefficient (Wildman–Crippen LogP) is -0.794. The summed E-state index contributed by atoms with van der Waals surface area (Å²) >= 11 is 0. The maximum absolute atomic E-state index is 12.1. The number of hydrogen-bond acceptors (Lipinski definition) is 3. The normalized spacial score (nSPS) is 12.6. The molecule has 1 aromatic rings. The molecular weight excluding hydrogens is 183 g/mol. The van der Waals surface area contributed by atoms with Gasteiger partial charge >= 0.3 is 7.12 Å². The minimum atomic E-state index is -1.46. The molecule has 0 spiro atoms. The van der Waals surface area contributed by atoms with E-state index in [1.807, 2.05) is 0 Å². The molecule has 0 radical (unpaired) electrons. The molecule has 5 heteroatoms. The van der Waals surface area contributed by atoms with Gasteiger partial charge in [0.15, 0.2) is 0 Å². The lowest BCUT2D eigenvalue weighted by atomic mass is 9.80. The molecule has 0 aromatic heterocycles. The molecule has 0 bridgehead atoms. The van der Waals surface area contributed by atoms with Gasteiger partial charge in [-0.1, -0.05) is 24.3 Å². The standard InChI is InChI=1S/C9H13BFNO2/c11-6-9(12)5-7-1-3-8(4-2-7)10(13)14/h1-4,9,13-14H,5-6,12H2/t9-/m0/s1/i11-1. The van der Waals surface area contributed by atoms with E-state index in [9.17, 15) is 4.39 Å². The van der Waals surface area contributed by atoms with Crippen LogP contribution in [0.3, 0.4) is 0 Å². The average Bonchev–Trinajstić information content (AvgIpc) is 2.18. The number of alkyl halides is 1. The lowest BCUT2D eigenvalue weighted by Gasteiger charge is -2.07. The third kappa shape index (κ3) is 3.10. The Hall–Kier alpha value is -0.905. The van der Waals surface area contributed by atoms with Crippen molar-refractivity contribution < 1.29 is 14.4 Å². The molecule has 0 aliphatic rings. The van der Waals surface area contributed by atoms with Crippen molar-refractivity contribution in [2.75, 3.05) is 6.67 Å². The van der Waals surface area contributed by atoms with E-state index in [0.29, 0.717) is 11.9 Å². The average molecular weight is 196 g/mol. The van der Waals surface area contributed by atoms with Crippen molar-refractivity contribution in [3.8, 4) is 0 Å². The molecule has 76 valence electrons. The van der Waals surface area contributed by atoms with Crippen LogP contribution in [0.2, 0.25) is 0 Å². The van der Waals surface area contributed by atoms with Crippen LogP contribution in [0.15, 0.2) is 24.3 Å². The minimum absolute atomic E-state index is 0.419. The topological polar surface area (TPSA) is 66.5 Å². The van der Waals surface area contributed by atoms with Crippen molar-refractivity contribution in [2.24, 2.45) is 5.73 Å². The summed E-state index contributed by atoms with van der Waals surface area (Å²) < 4.78 is 12.1. The van der Waals surface area contributed by atoms with Gasteiger partial charge in [-0.3, -0.25) is 0 Å². The molecule has 1 rings (SSSR count). The van der Waals surface area contributed by atoms with Gasteiger partial charge in [0, 0.05) is 6.04 Å². The molecule has 0 amide bonds. The Balaban J connectivity index is 2.64. The zero-order valence-corrected chi connectivity index (χ0v) is 7.73. The second-order valence-electron chi connectivity index (χ2n) is 3.23. The summed E-state index contributed by atoms with van der Waals surface area (Å²) in [5.74, 6) is 0. The molecule has 0 saturated heterocycles. The SMILES string of the molecule is N[C@H](C[18F])Cc1ccc(B(O)O)cc1. The Labute approximate surface area is 82.5 Å². The van der Waals surface area contributed by atoms with E-state index in [4.69, 9.17) is 15.8 Å². The summed E-state index contributed by atoms with van der Waals surface area (Å²) in [5, 5.41) is 17.6. The summed E-state index contributed by atoms with van der Waals surface area (Å²) in [4.78, 5) is 0. The molecule has 0 fully saturated rings. The van der Waals surface area contributed by atoms with Crippen LogP contribution in [-0.4, -0.2) is 29.9 Å². The Bertz CT molecular complexity index is 279. The maximum atomic E-state index is 12.1. The van der Waals surface area contributed by atoms with Crippen molar-refractivity contribution in [1.29, 1.82) is 0 Å². The molecule has 1 atom stereocenters. The van der Waals surface area contributed by atoms with E-state index < -0.39 is 19.8 Å². The first-order chi connectivity index (χ1) is 6.63. The zero-order valence-electron chi connectivity index (χ0n) is 7.73. The van der Waals surface area contributed by atoms with Gasteiger partial charge in [-0.15, -0.1) is 0 Å². The number of benzene rings is 1. The van der Waals surface area contributed by atoms with E-state index in [1.54, 1.807) is 24.3 Å². The van der Waals surface area contributed by atoms with Crippen LogP contribution in [0.1, 0.15) is 5.56 Å². The Kier molecular flexibility index (Phi) is 4.07. The summed E-state index contributed by atoms with van der Waals surface area (Å²) in [5.41, 5.74) is 6.74. The molecule has 0 heterocycles. The van der Waals surface area contributed by atoms with Crippen LogP contribution in [0, 0.1) is 0 Å². The maximum Gasteiger partial charge on any atom is 0.488 e. The van der Waals surface area contributed by atoms with Crippen molar-refractivity contribution in [3.63, 3.8) is 0 Å². The highest BCUT2D eigenvalue weighted by Crippen LogP contribution is 2.01. The van der Waals surface area contributed by atoms with E-state index in [-0.39, 0.29) is 0 Å². The lowest BCUT2D eigenvalue weighted by molar-refractivity contribution is 0.425. The monoisotopic (exact) mass is 196 g/mol. The van der Waals surface area contributed by atoms with Gasteiger partial charge in [-0.25, -0.2) is 4.39 Å². The first-order valence-electron chi connectivity index (χ1n) is 4.40. The second kappa shape index (κ2) is 5.09. The molecule has 0 aliphatic heterocycles. The van der Waals surface area contributed by atoms with Crippen LogP contribution in [0.25, 0.3) is 0 Å². The molecule has 0 saturated carbocycles. The van der Waals surface area contributed by atoms with Crippen LogP contribution in [0.4, 0.5) is 4.39 Å². The highest BCUT2D eigenvalue weighted by atomic mass is 18.2.